The van der Waals surface area contributed by atoms with Gasteiger partial charge in [-0.25, -0.2) is 15.0 Å². The number of benzene rings is 1. The van der Waals surface area contributed by atoms with Crippen molar-refractivity contribution in [3.05, 3.63) is 117 Å². The van der Waals surface area contributed by atoms with Gasteiger partial charge in [0.1, 0.15) is 23.8 Å². The van der Waals surface area contributed by atoms with Gasteiger partial charge in [-0.15, -0.1) is 0 Å². The molecule has 6 N–H and O–H groups in total. The Hall–Kier alpha value is -5.36. The van der Waals surface area contributed by atoms with Gasteiger partial charge in [-0.05, 0) is 81.6 Å². The van der Waals surface area contributed by atoms with Crippen molar-refractivity contribution in [3.8, 4) is 0 Å². The number of amides is 1. The fourth-order valence-electron chi connectivity index (χ4n) is 3.98. The van der Waals surface area contributed by atoms with Gasteiger partial charge in [0.2, 0.25) is 6.41 Å². The van der Waals surface area contributed by atoms with Gasteiger partial charge in [0.25, 0.3) is 5.56 Å². The number of ether oxygens (including phenoxy) is 1. The maximum absolute atomic E-state index is 11.9. The van der Waals surface area contributed by atoms with Crippen molar-refractivity contribution < 1.29 is 9.53 Å². The van der Waals surface area contributed by atoms with Crippen molar-refractivity contribution in [2.24, 2.45) is 5.73 Å². The first-order valence-corrected chi connectivity index (χ1v) is 15.0. The van der Waals surface area contributed by atoms with Gasteiger partial charge in [-0.1, -0.05) is 36.9 Å². The first kappa shape index (κ1) is 37.8. The van der Waals surface area contributed by atoms with Gasteiger partial charge in [0, 0.05) is 44.4 Å². The number of rotatable bonds is 11. The first-order chi connectivity index (χ1) is 22.3. The van der Waals surface area contributed by atoms with E-state index in [1.165, 1.54) is 12.5 Å². The summed E-state index contributed by atoms with van der Waals surface area (Å²) in [4.78, 5) is 35.7. The summed E-state index contributed by atoms with van der Waals surface area (Å²) in [7, 11) is 1.71. The van der Waals surface area contributed by atoms with E-state index in [0.717, 1.165) is 27.9 Å². The second-order valence-electron chi connectivity index (χ2n) is 11.6. The molecule has 4 aromatic rings. The number of pyridine rings is 2. The Labute approximate surface area is 277 Å². The quantitative estimate of drug-likeness (QED) is 0.106. The van der Waals surface area contributed by atoms with Crippen LogP contribution < -0.4 is 27.2 Å². The summed E-state index contributed by atoms with van der Waals surface area (Å²) in [6, 6.07) is 14.9. The molecule has 12 heteroatoms. The molecular formula is C35H47N9O3. The molecule has 47 heavy (non-hydrogen) atoms. The molecule has 3 aromatic heterocycles. The molecule has 0 unspecified atom stereocenters. The summed E-state index contributed by atoms with van der Waals surface area (Å²) in [6.07, 6.45) is 5.05. The van der Waals surface area contributed by atoms with Crippen LogP contribution in [0.15, 0.2) is 78.1 Å². The zero-order valence-corrected chi connectivity index (χ0v) is 28.3. The number of methoxy groups -OCH3 is 1. The zero-order chi connectivity index (χ0) is 35.0. The molecule has 12 nitrogen and oxygen atoms in total. The number of nitrogens with two attached hydrogens (primary N) is 1. The summed E-state index contributed by atoms with van der Waals surface area (Å²) in [6.45, 7) is 16.5. The van der Waals surface area contributed by atoms with Crippen LogP contribution in [-0.2, 0) is 29.2 Å². The van der Waals surface area contributed by atoms with Gasteiger partial charge in [0.15, 0.2) is 0 Å². The third-order valence-electron chi connectivity index (χ3n) is 6.57. The maximum Gasteiger partial charge on any atom is 0.250 e. The van der Waals surface area contributed by atoms with Gasteiger partial charge < -0.3 is 36.4 Å². The van der Waals surface area contributed by atoms with E-state index >= 15 is 0 Å². The molecule has 0 saturated heterocycles. The molecule has 4 rings (SSSR count). The smallest absolute Gasteiger partial charge is 0.250 e. The summed E-state index contributed by atoms with van der Waals surface area (Å²) in [5, 5.41) is 17.1. The molecule has 0 atom stereocenters. The molecule has 3 heterocycles. The van der Waals surface area contributed by atoms with Crippen molar-refractivity contribution in [2.45, 2.75) is 66.8 Å². The normalized spacial score (nSPS) is 10.4. The number of aromatic nitrogens is 4. The molecule has 1 aromatic carbocycles. The first-order valence-electron chi connectivity index (χ1n) is 15.0. The van der Waals surface area contributed by atoms with Crippen molar-refractivity contribution in [2.75, 3.05) is 23.1 Å². The average Bonchev–Trinajstić information content (AvgIpc) is 3.01. The largest absolute Gasteiger partial charge is 0.403 e. The van der Waals surface area contributed by atoms with Crippen molar-refractivity contribution in [3.63, 3.8) is 0 Å². The Morgan fingerprint density at radius 1 is 1.04 bits per heavy atom. The lowest BCUT2D eigenvalue weighted by Crippen LogP contribution is -2.18. The van der Waals surface area contributed by atoms with Crippen LogP contribution >= 0.6 is 0 Å². The standard InChI is InChI=1S/C27H28N8O2.C5H12O.C3H7N/c1-18-11-24(33-17-36)34-19(2)23(18)14-30-27-22(12-28)26(31-16-32-27)29-13-20-6-8-21(9-7-20)15-35-10-4-3-5-25(35)37;1-5(2,3)6-4;1-3(2)4/h3-12,16-17,28H,13-15H2,1-2H3,(H,33,34,36)(H2,29,30,31,32);1-4H3;1,4H2,2H3. The topological polar surface area (TPSA) is 173 Å². The Morgan fingerprint density at radius 3 is 2.13 bits per heavy atom. The van der Waals surface area contributed by atoms with Crippen LogP contribution in [0.2, 0.25) is 0 Å². The number of carbonyl (C=O) groups excluding carboxylic acids is 1. The Bertz CT molecular complexity index is 1650. The minimum atomic E-state index is -0.0332. The number of anilines is 3. The third-order valence-corrected chi connectivity index (χ3v) is 6.57. The highest BCUT2D eigenvalue weighted by atomic mass is 16.5. The van der Waals surface area contributed by atoms with Crippen molar-refractivity contribution in [1.29, 1.82) is 5.41 Å². The average molecular weight is 642 g/mol. The van der Waals surface area contributed by atoms with E-state index in [4.69, 9.17) is 15.9 Å². The number of hydrogen-bond donors (Lipinski definition) is 5. The molecule has 0 spiro atoms. The van der Waals surface area contributed by atoms with Crippen LogP contribution in [0, 0.1) is 19.3 Å². The second kappa shape index (κ2) is 18.6. The molecule has 1 amide bonds. The molecule has 0 fully saturated rings. The number of hydrogen-bond acceptors (Lipinski definition) is 10. The molecular weight excluding hydrogens is 594 g/mol. The Balaban J connectivity index is 0.000000671. The zero-order valence-electron chi connectivity index (χ0n) is 28.3. The number of nitrogens with one attached hydrogen (secondary N) is 4. The van der Waals surface area contributed by atoms with E-state index in [9.17, 15) is 9.59 Å². The second-order valence-corrected chi connectivity index (χ2v) is 11.6. The van der Waals surface area contributed by atoms with Gasteiger partial charge in [-0.3, -0.25) is 9.59 Å². The lowest BCUT2D eigenvalue weighted by molar-refractivity contribution is -0.105. The minimum Gasteiger partial charge on any atom is -0.403 e. The van der Waals surface area contributed by atoms with Gasteiger partial charge in [-0.2, -0.15) is 0 Å². The fourth-order valence-corrected chi connectivity index (χ4v) is 3.98. The molecule has 0 radical (unpaired) electrons. The van der Waals surface area contributed by atoms with E-state index < -0.39 is 0 Å². The van der Waals surface area contributed by atoms with Crippen molar-refractivity contribution >= 4 is 30.1 Å². The van der Waals surface area contributed by atoms with E-state index in [2.05, 4.69) is 37.5 Å². The van der Waals surface area contributed by atoms with E-state index in [0.29, 0.717) is 54.8 Å². The van der Waals surface area contributed by atoms with Crippen LogP contribution in [-0.4, -0.2) is 44.9 Å². The van der Waals surface area contributed by atoms with Crippen LogP contribution in [0.4, 0.5) is 17.5 Å². The highest BCUT2D eigenvalue weighted by molar-refractivity contribution is 5.90. The predicted molar refractivity (Wildman–Crippen MR) is 190 cm³/mol. The summed E-state index contributed by atoms with van der Waals surface area (Å²) in [5.74, 6) is 1.58. The van der Waals surface area contributed by atoms with Crippen molar-refractivity contribution in [1.82, 2.24) is 19.5 Å². The molecule has 0 bridgehead atoms. The van der Waals surface area contributed by atoms with E-state index in [-0.39, 0.29) is 11.2 Å². The predicted octanol–water partition coefficient (Wildman–Crippen LogP) is 5.40. The number of aryl methyl sites for hydroxylation is 2. The Kier molecular flexibility index (Phi) is 14.9. The summed E-state index contributed by atoms with van der Waals surface area (Å²) in [5.41, 5.74) is 11.0. The molecule has 0 aliphatic rings. The van der Waals surface area contributed by atoms with Gasteiger partial charge >= 0.3 is 0 Å². The van der Waals surface area contributed by atoms with E-state index in [1.54, 1.807) is 36.9 Å². The monoisotopic (exact) mass is 641 g/mol. The highest BCUT2D eigenvalue weighted by Crippen LogP contribution is 2.22. The SMILES string of the molecule is C=C(C)N.COC(C)(C)C.Cc1cc(NC=O)nc(C)c1CNc1ncnc(NCc2ccc(Cn3ccccc3=O)cc2)c1C=N. The third kappa shape index (κ3) is 13.3. The van der Waals surface area contributed by atoms with Crippen LogP contribution in [0.1, 0.15) is 61.2 Å². The van der Waals surface area contributed by atoms with Crippen LogP contribution in [0.25, 0.3) is 0 Å². The number of carbonyl (C=O) groups is 1. The number of nitrogens with zero attached hydrogens (tertiary/aromatic N) is 4. The molecule has 0 aliphatic carbocycles. The molecule has 0 saturated carbocycles. The number of allylic oxidation sites excluding steroid dienone is 1. The summed E-state index contributed by atoms with van der Waals surface area (Å²) < 4.78 is 6.60. The maximum atomic E-state index is 11.9. The fraction of sp³-hybridized carbons (Fsp3) is 0.314. The highest BCUT2D eigenvalue weighted by Gasteiger charge is 2.12. The molecule has 0 aliphatic heterocycles. The lowest BCUT2D eigenvalue weighted by atomic mass is 10.1. The van der Waals surface area contributed by atoms with Gasteiger partial charge in [0.05, 0.1) is 17.7 Å². The summed E-state index contributed by atoms with van der Waals surface area (Å²) >= 11 is 0. The van der Waals surface area contributed by atoms with E-state index in [1.807, 2.05) is 71.0 Å². The lowest BCUT2D eigenvalue weighted by Gasteiger charge is -2.15. The van der Waals surface area contributed by atoms with Crippen LogP contribution in [0.5, 0.6) is 0 Å². The Morgan fingerprint density at radius 2 is 1.62 bits per heavy atom. The minimum absolute atomic E-state index is 0.0332. The van der Waals surface area contributed by atoms with Crippen LogP contribution in [0.3, 0.4) is 0 Å². The molecule has 250 valence electrons.